The zero-order chi connectivity index (χ0) is 15.9. The van der Waals surface area contributed by atoms with E-state index in [0.29, 0.717) is 23.6 Å². The fourth-order valence-corrected chi connectivity index (χ4v) is 2.44. The van der Waals surface area contributed by atoms with Crippen molar-refractivity contribution in [3.05, 3.63) is 50.1 Å². The summed E-state index contributed by atoms with van der Waals surface area (Å²) >= 11 is 0. The maximum Gasteiger partial charge on any atom is 0.333 e. The van der Waals surface area contributed by atoms with E-state index in [0.717, 1.165) is 11.1 Å². The molecule has 1 aromatic carbocycles. The van der Waals surface area contributed by atoms with Crippen LogP contribution in [0, 0.1) is 17.0 Å². The van der Waals surface area contributed by atoms with Crippen molar-refractivity contribution in [2.45, 2.75) is 13.5 Å². The highest BCUT2D eigenvalue weighted by molar-refractivity contribution is 5.75. The molecule has 0 saturated heterocycles. The largest absolute Gasteiger partial charge is 0.360 e. The monoisotopic (exact) mass is 302 g/mol. The van der Waals surface area contributed by atoms with Crippen LogP contribution in [0.25, 0.3) is 11.0 Å². The quantitative estimate of drug-likeness (QED) is 0.497. The third-order valence-corrected chi connectivity index (χ3v) is 3.41. The van der Waals surface area contributed by atoms with Crippen LogP contribution >= 0.6 is 0 Å². The Morgan fingerprint density at radius 1 is 1.36 bits per heavy atom. The van der Waals surface area contributed by atoms with Crippen molar-refractivity contribution in [2.24, 2.45) is 7.05 Å². The maximum absolute atomic E-state index is 11.2. The summed E-state index contributed by atoms with van der Waals surface area (Å²) in [4.78, 5) is 27.2. The lowest BCUT2D eigenvalue weighted by atomic mass is 10.2. The molecule has 9 nitrogen and oxygen atoms in total. The molecule has 22 heavy (non-hydrogen) atoms. The molecule has 0 spiro atoms. The van der Waals surface area contributed by atoms with Crippen LogP contribution in [0.2, 0.25) is 0 Å². The van der Waals surface area contributed by atoms with Crippen molar-refractivity contribution < 1.29 is 4.92 Å². The molecule has 0 aliphatic heterocycles. The normalized spacial score (nSPS) is 11.0. The van der Waals surface area contributed by atoms with Crippen LogP contribution in [0.15, 0.2) is 23.0 Å². The number of aromatic nitrogens is 4. The molecule has 0 radical (unpaired) electrons. The fourth-order valence-electron chi connectivity index (χ4n) is 2.44. The Bertz CT molecular complexity index is 920. The lowest BCUT2D eigenvalue weighted by Crippen LogP contribution is -2.06. The first-order valence-corrected chi connectivity index (χ1v) is 6.58. The van der Waals surface area contributed by atoms with Crippen LogP contribution in [0.5, 0.6) is 0 Å². The number of nitrogens with one attached hydrogen (secondary N) is 3. The lowest BCUT2D eigenvalue weighted by molar-refractivity contribution is -0.384. The summed E-state index contributed by atoms with van der Waals surface area (Å²) in [5.41, 5.74) is 2.36. The summed E-state index contributed by atoms with van der Waals surface area (Å²) in [6, 6.07) is 5.44. The molecule has 0 aliphatic rings. The Hall–Kier alpha value is -3.10. The fraction of sp³-hybridized carbons (Fsp3) is 0.231. The minimum Gasteiger partial charge on any atom is -0.360 e. The third kappa shape index (κ3) is 2.32. The van der Waals surface area contributed by atoms with E-state index in [9.17, 15) is 14.9 Å². The Kier molecular flexibility index (Phi) is 3.17. The zero-order valence-electron chi connectivity index (χ0n) is 12.0. The molecule has 0 atom stereocenters. The van der Waals surface area contributed by atoms with E-state index in [2.05, 4.69) is 20.4 Å². The minimum absolute atomic E-state index is 0.0290. The molecule has 3 N–H and O–H groups in total. The molecular weight excluding hydrogens is 288 g/mol. The summed E-state index contributed by atoms with van der Waals surface area (Å²) in [5.74, 6) is 0.352. The Balaban J connectivity index is 1.87. The maximum atomic E-state index is 11.2. The van der Waals surface area contributed by atoms with Gasteiger partial charge < -0.3 is 15.3 Å². The number of H-pyrrole nitrogens is 2. The molecule has 0 unspecified atom stereocenters. The predicted octanol–water partition coefficient (Wildman–Crippen LogP) is 1.42. The third-order valence-electron chi connectivity index (χ3n) is 3.41. The van der Waals surface area contributed by atoms with E-state index in [1.807, 2.05) is 12.1 Å². The van der Waals surface area contributed by atoms with Crippen LogP contribution in [-0.4, -0.2) is 24.7 Å². The van der Waals surface area contributed by atoms with E-state index < -0.39 is 4.92 Å². The summed E-state index contributed by atoms with van der Waals surface area (Å²) in [6.07, 6.45) is 0. The van der Waals surface area contributed by atoms with Gasteiger partial charge in [0.1, 0.15) is 5.69 Å². The second-order valence-electron chi connectivity index (χ2n) is 4.98. The number of aromatic amines is 2. The summed E-state index contributed by atoms with van der Waals surface area (Å²) in [7, 11) is 1.65. The van der Waals surface area contributed by atoms with Gasteiger partial charge in [-0.2, -0.15) is 5.10 Å². The molecule has 2 heterocycles. The number of imidazole rings is 1. The average molecular weight is 302 g/mol. The first-order chi connectivity index (χ1) is 10.5. The van der Waals surface area contributed by atoms with Gasteiger partial charge in [0, 0.05) is 13.6 Å². The van der Waals surface area contributed by atoms with Crippen molar-refractivity contribution in [3.8, 4) is 0 Å². The highest BCUT2D eigenvalue weighted by Crippen LogP contribution is 2.27. The van der Waals surface area contributed by atoms with Gasteiger partial charge in [0.15, 0.2) is 0 Å². The number of hydrogen-bond acceptors (Lipinski definition) is 5. The number of nitro groups is 1. The van der Waals surface area contributed by atoms with Crippen LogP contribution in [0.4, 0.5) is 11.5 Å². The van der Waals surface area contributed by atoms with E-state index in [1.54, 1.807) is 20.0 Å². The van der Waals surface area contributed by atoms with Crippen molar-refractivity contribution in [1.29, 1.82) is 0 Å². The molecule has 3 aromatic rings. The summed E-state index contributed by atoms with van der Waals surface area (Å²) in [5, 5.41) is 18.2. The lowest BCUT2D eigenvalue weighted by Gasteiger charge is -2.06. The zero-order valence-corrected chi connectivity index (χ0v) is 12.0. The molecule has 114 valence electrons. The van der Waals surface area contributed by atoms with E-state index in [1.165, 1.54) is 4.68 Å². The SMILES string of the molecule is Cc1nn(C)c(NCc2ccc3[nH]c(=O)[nH]c3c2)c1[N+](=O)[O-]. The van der Waals surface area contributed by atoms with Crippen molar-refractivity contribution in [1.82, 2.24) is 19.7 Å². The van der Waals surface area contributed by atoms with Gasteiger partial charge in [0.05, 0.1) is 16.0 Å². The number of anilines is 1. The Labute approximate surface area is 124 Å². The Morgan fingerprint density at radius 3 is 2.82 bits per heavy atom. The van der Waals surface area contributed by atoms with Gasteiger partial charge in [-0.15, -0.1) is 0 Å². The predicted molar refractivity (Wildman–Crippen MR) is 80.8 cm³/mol. The first-order valence-electron chi connectivity index (χ1n) is 6.58. The smallest absolute Gasteiger partial charge is 0.333 e. The van der Waals surface area contributed by atoms with Crippen molar-refractivity contribution in [2.75, 3.05) is 5.32 Å². The van der Waals surface area contributed by atoms with Gasteiger partial charge >= 0.3 is 11.4 Å². The van der Waals surface area contributed by atoms with Crippen LogP contribution in [0.1, 0.15) is 11.3 Å². The van der Waals surface area contributed by atoms with E-state index in [4.69, 9.17) is 0 Å². The summed E-state index contributed by atoms with van der Waals surface area (Å²) < 4.78 is 1.45. The first kappa shape index (κ1) is 13.9. The van der Waals surface area contributed by atoms with Gasteiger partial charge in [0.25, 0.3) is 0 Å². The van der Waals surface area contributed by atoms with Gasteiger partial charge in [0.2, 0.25) is 5.82 Å². The molecule has 0 bridgehead atoms. The number of hydrogen-bond donors (Lipinski definition) is 3. The second-order valence-corrected chi connectivity index (χ2v) is 4.98. The van der Waals surface area contributed by atoms with Gasteiger partial charge in [-0.25, -0.2) is 9.48 Å². The van der Waals surface area contributed by atoms with E-state index in [-0.39, 0.29) is 11.4 Å². The van der Waals surface area contributed by atoms with E-state index >= 15 is 0 Å². The number of aryl methyl sites for hydroxylation is 2. The van der Waals surface area contributed by atoms with Crippen LogP contribution in [0.3, 0.4) is 0 Å². The molecule has 0 amide bonds. The van der Waals surface area contributed by atoms with Gasteiger partial charge in [-0.3, -0.25) is 10.1 Å². The highest BCUT2D eigenvalue weighted by atomic mass is 16.6. The topological polar surface area (TPSA) is 122 Å². The number of nitrogens with zero attached hydrogens (tertiary/aromatic N) is 3. The van der Waals surface area contributed by atoms with Crippen molar-refractivity contribution in [3.63, 3.8) is 0 Å². The molecule has 0 aliphatic carbocycles. The molecule has 0 saturated carbocycles. The number of fused-ring (bicyclic) bond motifs is 1. The van der Waals surface area contributed by atoms with Gasteiger partial charge in [-0.05, 0) is 24.6 Å². The molecule has 3 rings (SSSR count). The molecule has 2 aromatic heterocycles. The number of rotatable bonds is 4. The minimum atomic E-state index is -0.447. The van der Waals surface area contributed by atoms with Gasteiger partial charge in [-0.1, -0.05) is 6.07 Å². The van der Waals surface area contributed by atoms with Crippen molar-refractivity contribution >= 4 is 22.5 Å². The highest BCUT2D eigenvalue weighted by Gasteiger charge is 2.23. The Morgan fingerprint density at radius 2 is 2.09 bits per heavy atom. The average Bonchev–Trinajstić information content (AvgIpc) is 2.94. The second kappa shape index (κ2) is 5.02. The van der Waals surface area contributed by atoms with Crippen LogP contribution < -0.4 is 11.0 Å². The van der Waals surface area contributed by atoms with Crippen LogP contribution in [-0.2, 0) is 13.6 Å². The molecule has 9 heteroatoms. The summed E-state index contributed by atoms with van der Waals surface area (Å²) in [6.45, 7) is 1.98. The molecule has 0 fully saturated rings. The molecular formula is C13H14N6O3. The number of benzene rings is 1. The standard InChI is InChI=1S/C13H14N6O3/c1-7-11(19(21)22)12(18(2)17-7)14-6-8-3-4-9-10(5-8)16-13(20)15-9/h3-5,14H,6H2,1-2H3,(H2,15,16,20).